The van der Waals surface area contributed by atoms with E-state index in [2.05, 4.69) is 5.32 Å². The van der Waals surface area contributed by atoms with Crippen molar-refractivity contribution in [2.45, 2.75) is 19.9 Å². The van der Waals surface area contributed by atoms with E-state index in [1.54, 1.807) is 13.0 Å². The first kappa shape index (κ1) is 14.0. The van der Waals surface area contributed by atoms with Crippen molar-refractivity contribution in [3.8, 4) is 0 Å². The minimum Gasteiger partial charge on any atom is -0.312 e. The molecule has 2 aromatic carbocycles. The largest absolute Gasteiger partial charge is 0.312 e. The Balaban J connectivity index is 1.77. The van der Waals surface area contributed by atoms with Crippen LogP contribution >= 0.6 is 11.6 Å². The normalized spacial score (nSPS) is 10.7. The highest BCUT2D eigenvalue weighted by molar-refractivity contribution is 6.30. The maximum Gasteiger partial charge on any atom is 0.126 e. The van der Waals surface area contributed by atoms with E-state index in [0.29, 0.717) is 12.1 Å². The van der Waals surface area contributed by atoms with Gasteiger partial charge in [-0.05, 0) is 54.8 Å². The third kappa shape index (κ3) is 4.34. The number of hydrogen-bond donors (Lipinski definition) is 1. The molecule has 2 rings (SSSR count). The first-order valence-electron chi connectivity index (χ1n) is 6.35. The fourth-order valence-corrected chi connectivity index (χ4v) is 1.99. The molecule has 0 unspecified atom stereocenters. The summed E-state index contributed by atoms with van der Waals surface area (Å²) in [4.78, 5) is 0. The summed E-state index contributed by atoms with van der Waals surface area (Å²) >= 11 is 5.83. The fourth-order valence-electron chi connectivity index (χ4n) is 1.86. The molecule has 0 saturated heterocycles. The third-order valence-electron chi connectivity index (χ3n) is 3.07. The van der Waals surface area contributed by atoms with E-state index in [9.17, 15) is 4.39 Å². The van der Waals surface area contributed by atoms with Crippen molar-refractivity contribution in [3.05, 3.63) is 70.0 Å². The number of rotatable bonds is 5. The minimum absolute atomic E-state index is 0.142. The zero-order chi connectivity index (χ0) is 13.7. The van der Waals surface area contributed by atoms with Gasteiger partial charge in [0.25, 0.3) is 0 Å². The van der Waals surface area contributed by atoms with Crippen molar-refractivity contribution in [1.29, 1.82) is 0 Å². The average Bonchev–Trinajstić information content (AvgIpc) is 2.41. The maximum absolute atomic E-state index is 13.4. The predicted molar refractivity (Wildman–Crippen MR) is 78.0 cm³/mol. The highest BCUT2D eigenvalue weighted by atomic mass is 35.5. The molecule has 0 aromatic heterocycles. The van der Waals surface area contributed by atoms with E-state index in [1.807, 2.05) is 36.4 Å². The van der Waals surface area contributed by atoms with Crippen molar-refractivity contribution < 1.29 is 4.39 Å². The summed E-state index contributed by atoms with van der Waals surface area (Å²) in [6.45, 7) is 3.31. The van der Waals surface area contributed by atoms with Gasteiger partial charge < -0.3 is 5.32 Å². The van der Waals surface area contributed by atoms with Gasteiger partial charge in [-0.25, -0.2) is 4.39 Å². The van der Waals surface area contributed by atoms with Gasteiger partial charge >= 0.3 is 0 Å². The monoisotopic (exact) mass is 277 g/mol. The van der Waals surface area contributed by atoms with Crippen molar-refractivity contribution in [3.63, 3.8) is 0 Å². The van der Waals surface area contributed by atoms with Gasteiger partial charge in [-0.1, -0.05) is 35.9 Å². The first-order valence-corrected chi connectivity index (χ1v) is 6.73. The Morgan fingerprint density at radius 2 is 1.74 bits per heavy atom. The highest BCUT2D eigenvalue weighted by Gasteiger charge is 1.99. The molecule has 0 aliphatic carbocycles. The average molecular weight is 278 g/mol. The molecule has 0 aliphatic heterocycles. The van der Waals surface area contributed by atoms with E-state index in [1.165, 1.54) is 5.56 Å². The summed E-state index contributed by atoms with van der Waals surface area (Å²) in [5.41, 5.74) is 2.90. The van der Waals surface area contributed by atoms with Crippen LogP contribution in [0.3, 0.4) is 0 Å². The molecule has 3 heteroatoms. The van der Waals surface area contributed by atoms with Crippen LogP contribution in [0.25, 0.3) is 0 Å². The lowest BCUT2D eigenvalue weighted by molar-refractivity contribution is 0.611. The van der Waals surface area contributed by atoms with Crippen LogP contribution in [0.4, 0.5) is 4.39 Å². The van der Waals surface area contributed by atoms with Gasteiger partial charge in [0.1, 0.15) is 5.82 Å². The van der Waals surface area contributed by atoms with Crippen molar-refractivity contribution in [2.24, 2.45) is 0 Å². The van der Waals surface area contributed by atoms with Crippen molar-refractivity contribution in [2.75, 3.05) is 6.54 Å². The SMILES string of the molecule is Cc1ccc(CNCCc2ccc(Cl)cc2)cc1F. The molecule has 2 aromatic rings. The lowest BCUT2D eigenvalue weighted by Crippen LogP contribution is -2.16. The highest BCUT2D eigenvalue weighted by Crippen LogP contribution is 2.10. The third-order valence-corrected chi connectivity index (χ3v) is 3.32. The minimum atomic E-state index is -0.142. The molecular formula is C16H17ClFN. The molecule has 0 spiro atoms. The number of halogens is 2. The van der Waals surface area contributed by atoms with E-state index >= 15 is 0 Å². The van der Waals surface area contributed by atoms with Gasteiger partial charge in [0.05, 0.1) is 0 Å². The standard InChI is InChI=1S/C16H17ClFN/c1-12-2-3-14(10-16(12)18)11-19-9-8-13-4-6-15(17)7-5-13/h2-7,10,19H,8-9,11H2,1H3. The van der Waals surface area contributed by atoms with Crippen molar-refractivity contribution >= 4 is 11.6 Å². The number of nitrogens with one attached hydrogen (secondary N) is 1. The first-order chi connectivity index (χ1) is 9.15. The molecule has 0 heterocycles. The van der Waals surface area contributed by atoms with Gasteiger partial charge in [-0.3, -0.25) is 0 Å². The van der Waals surface area contributed by atoms with Gasteiger partial charge in [-0.2, -0.15) is 0 Å². The number of aryl methyl sites for hydroxylation is 1. The second kappa shape index (κ2) is 6.69. The second-order valence-electron chi connectivity index (χ2n) is 4.64. The van der Waals surface area contributed by atoms with Crippen LogP contribution in [0, 0.1) is 12.7 Å². The lowest BCUT2D eigenvalue weighted by Gasteiger charge is -2.06. The van der Waals surface area contributed by atoms with E-state index in [4.69, 9.17) is 11.6 Å². The number of benzene rings is 2. The summed E-state index contributed by atoms with van der Waals surface area (Å²) in [6, 6.07) is 13.2. The molecule has 1 nitrogen and oxygen atoms in total. The Hall–Kier alpha value is -1.38. The zero-order valence-electron chi connectivity index (χ0n) is 10.9. The Morgan fingerprint density at radius 3 is 2.42 bits per heavy atom. The number of hydrogen-bond acceptors (Lipinski definition) is 1. The fraction of sp³-hybridized carbons (Fsp3) is 0.250. The zero-order valence-corrected chi connectivity index (χ0v) is 11.7. The smallest absolute Gasteiger partial charge is 0.126 e. The molecule has 0 bridgehead atoms. The van der Waals surface area contributed by atoms with Crippen LogP contribution < -0.4 is 5.32 Å². The van der Waals surface area contributed by atoms with E-state index < -0.39 is 0 Å². The quantitative estimate of drug-likeness (QED) is 0.811. The predicted octanol–water partition coefficient (Wildman–Crippen LogP) is 4.12. The molecule has 0 amide bonds. The van der Waals surface area contributed by atoms with Crippen LogP contribution in [0.5, 0.6) is 0 Å². The van der Waals surface area contributed by atoms with Crippen LogP contribution in [0.2, 0.25) is 5.02 Å². The van der Waals surface area contributed by atoms with Crippen molar-refractivity contribution in [1.82, 2.24) is 5.32 Å². The van der Waals surface area contributed by atoms with Crippen LogP contribution in [0.15, 0.2) is 42.5 Å². The molecule has 0 fully saturated rings. The molecule has 0 saturated carbocycles. The summed E-state index contributed by atoms with van der Waals surface area (Å²) in [5.74, 6) is -0.142. The van der Waals surface area contributed by atoms with E-state index in [-0.39, 0.29) is 5.82 Å². The van der Waals surface area contributed by atoms with Gasteiger partial charge in [0, 0.05) is 11.6 Å². The molecule has 0 radical (unpaired) electrons. The topological polar surface area (TPSA) is 12.0 Å². The summed E-state index contributed by atoms with van der Waals surface area (Å²) < 4.78 is 13.4. The summed E-state index contributed by atoms with van der Waals surface area (Å²) in [6.07, 6.45) is 0.936. The summed E-state index contributed by atoms with van der Waals surface area (Å²) in [7, 11) is 0. The van der Waals surface area contributed by atoms with Crippen LogP contribution in [-0.4, -0.2) is 6.54 Å². The molecule has 1 N–H and O–H groups in total. The molecular weight excluding hydrogens is 261 g/mol. The van der Waals surface area contributed by atoms with E-state index in [0.717, 1.165) is 23.6 Å². The summed E-state index contributed by atoms with van der Waals surface area (Å²) in [5, 5.41) is 4.07. The Bertz CT molecular complexity index is 537. The maximum atomic E-state index is 13.4. The molecule has 100 valence electrons. The molecule has 0 atom stereocenters. The van der Waals surface area contributed by atoms with Crippen LogP contribution in [0.1, 0.15) is 16.7 Å². The Kier molecular flexibility index (Phi) is 4.94. The Morgan fingerprint density at radius 1 is 1.05 bits per heavy atom. The lowest BCUT2D eigenvalue weighted by atomic mass is 10.1. The van der Waals surface area contributed by atoms with Crippen LogP contribution in [-0.2, 0) is 13.0 Å². The molecule has 19 heavy (non-hydrogen) atoms. The van der Waals surface area contributed by atoms with Gasteiger partial charge in [0.2, 0.25) is 0 Å². The molecule has 0 aliphatic rings. The Labute approximate surface area is 118 Å². The second-order valence-corrected chi connectivity index (χ2v) is 5.07. The van der Waals surface area contributed by atoms with Gasteiger partial charge in [-0.15, -0.1) is 0 Å². The van der Waals surface area contributed by atoms with Gasteiger partial charge in [0.15, 0.2) is 0 Å².